The Bertz CT molecular complexity index is 267. The van der Waals surface area contributed by atoms with Crippen LogP contribution in [0.25, 0.3) is 0 Å². The van der Waals surface area contributed by atoms with Crippen molar-refractivity contribution in [1.29, 1.82) is 0 Å². The van der Waals surface area contributed by atoms with Crippen LogP contribution in [0.15, 0.2) is 11.6 Å². The van der Waals surface area contributed by atoms with Gasteiger partial charge in [0.2, 0.25) is 0 Å². The molecule has 0 saturated heterocycles. The molecule has 15 heavy (non-hydrogen) atoms. The minimum atomic E-state index is 0.000476. The number of aromatic nitrogens is 1. The molecule has 0 atom stereocenters. The molecule has 1 rings (SSSR count). The van der Waals surface area contributed by atoms with Crippen LogP contribution < -0.4 is 5.32 Å². The van der Waals surface area contributed by atoms with Crippen molar-refractivity contribution in [3.63, 3.8) is 0 Å². The highest BCUT2D eigenvalue weighted by molar-refractivity contribution is 7.09. The fourth-order valence-corrected chi connectivity index (χ4v) is 2.14. The Morgan fingerprint density at radius 2 is 2.20 bits per heavy atom. The first-order chi connectivity index (χ1) is 7.02. The van der Waals surface area contributed by atoms with E-state index in [1.54, 1.807) is 11.3 Å². The van der Waals surface area contributed by atoms with Crippen LogP contribution in [0.3, 0.4) is 0 Å². The van der Waals surface area contributed by atoms with Crippen LogP contribution in [0.2, 0.25) is 0 Å². The standard InChI is InChI=1S/C11H21N3S/c1-11(2,10-12-7-9-15-10)13-6-5-8-14(3)4/h7,9,13H,5-6,8H2,1-4H3. The fraction of sp³-hybridized carbons (Fsp3) is 0.727. The van der Waals surface area contributed by atoms with Gasteiger partial charge >= 0.3 is 0 Å². The van der Waals surface area contributed by atoms with Gasteiger partial charge in [-0.25, -0.2) is 4.98 Å². The van der Waals surface area contributed by atoms with Gasteiger partial charge in [0.25, 0.3) is 0 Å². The molecule has 0 aliphatic rings. The Morgan fingerprint density at radius 1 is 1.47 bits per heavy atom. The number of nitrogens with one attached hydrogen (secondary N) is 1. The molecule has 0 aromatic carbocycles. The lowest BCUT2D eigenvalue weighted by molar-refractivity contribution is 0.356. The first-order valence-electron chi connectivity index (χ1n) is 5.32. The van der Waals surface area contributed by atoms with E-state index in [2.05, 4.69) is 43.1 Å². The molecule has 0 aliphatic carbocycles. The summed E-state index contributed by atoms with van der Waals surface area (Å²) in [7, 11) is 4.21. The third-order valence-corrected chi connectivity index (χ3v) is 3.41. The Labute approximate surface area is 96.5 Å². The van der Waals surface area contributed by atoms with E-state index in [0.29, 0.717) is 0 Å². The molecule has 1 aromatic heterocycles. The van der Waals surface area contributed by atoms with Gasteiger partial charge in [0.1, 0.15) is 5.01 Å². The van der Waals surface area contributed by atoms with Gasteiger partial charge in [-0.15, -0.1) is 11.3 Å². The van der Waals surface area contributed by atoms with Crippen LogP contribution in [-0.4, -0.2) is 37.1 Å². The second kappa shape index (κ2) is 5.58. The molecule has 0 spiro atoms. The van der Waals surface area contributed by atoms with Gasteiger partial charge < -0.3 is 10.2 Å². The third-order valence-electron chi connectivity index (χ3n) is 2.32. The van der Waals surface area contributed by atoms with E-state index in [1.807, 2.05) is 11.6 Å². The van der Waals surface area contributed by atoms with Crippen LogP contribution in [0.5, 0.6) is 0 Å². The summed E-state index contributed by atoms with van der Waals surface area (Å²) in [4.78, 5) is 6.55. The molecule has 0 unspecified atom stereocenters. The second-order valence-corrected chi connectivity index (χ2v) is 5.44. The number of thiazole rings is 1. The zero-order valence-corrected chi connectivity index (χ0v) is 10.9. The summed E-state index contributed by atoms with van der Waals surface area (Å²) in [6, 6.07) is 0. The Balaban J connectivity index is 2.31. The maximum atomic E-state index is 4.35. The molecular formula is C11H21N3S. The number of rotatable bonds is 6. The normalized spacial score (nSPS) is 12.3. The molecule has 4 heteroatoms. The van der Waals surface area contributed by atoms with Crippen molar-refractivity contribution in [3.8, 4) is 0 Å². The molecule has 1 aromatic rings. The smallest absolute Gasteiger partial charge is 0.112 e. The van der Waals surface area contributed by atoms with Crippen molar-refractivity contribution in [1.82, 2.24) is 15.2 Å². The van der Waals surface area contributed by atoms with Crippen molar-refractivity contribution >= 4 is 11.3 Å². The summed E-state index contributed by atoms with van der Waals surface area (Å²) in [6.07, 6.45) is 3.03. The fourth-order valence-electron chi connectivity index (χ4n) is 1.40. The molecule has 0 fully saturated rings. The monoisotopic (exact) mass is 227 g/mol. The number of hydrogen-bond donors (Lipinski definition) is 1. The third kappa shape index (κ3) is 4.28. The Kier molecular flexibility index (Phi) is 4.70. The van der Waals surface area contributed by atoms with Crippen molar-refractivity contribution < 1.29 is 0 Å². The molecule has 0 radical (unpaired) electrons. The average Bonchev–Trinajstić information content (AvgIpc) is 2.65. The van der Waals surface area contributed by atoms with E-state index in [-0.39, 0.29) is 5.54 Å². The van der Waals surface area contributed by atoms with Gasteiger partial charge in [0.05, 0.1) is 5.54 Å². The highest BCUT2D eigenvalue weighted by Gasteiger charge is 2.21. The summed E-state index contributed by atoms with van der Waals surface area (Å²) < 4.78 is 0. The van der Waals surface area contributed by atoms with Gasteiger partial charge in [-0.2, -0.15) is 0 Å². The van der Waals surface area contributed by atoms with Gasteiger partial charge in [0, 0.05) is 11.6 Å². The van der Waals surface area contributed by atoms with E-state index in [1.165, 1.54) is 6.42 Å². The van der Waals surface area contributed by atoms with Gasteiger partial charge in [0.15, 0.2) is 0 Å². The SMILES string of the molecule is CN(C)CCCNC(C)(C)c1nccs1. The predicted octanol–water partition coefficient (Wildman–Crippen LogP) is 1.92. The molecule has 3 nitrogen and oxygen atoms in total. The number of hydrogen-bond acceptors (Lipinski definition) is 4. The van der Waals surface area contributed by atoms with Crippen molar-refractivity contribution in [2.24, 2.45) is 0 Å². The van der Waals surface area contributed by atoms with E-state index in [0.717, 1.165) is 18.1 Å². The molecule has 86 valence electrons. The molecule has 0 amide bonds. The van der Waals surface area contributed by atoms with Crippen molar-refractivity contribution in [2.75, 3.05) is 27.2 Å². The lowest BCUT2D eigenvalue weighted by Gasteiger charge is -2.24. The molecule has 1 heterocycles. The Hall–Kier alpha value is -0.450. The highest BCUT2D eigenvalue weighted by Crippen LogP contribution is 2.21. The summed E-state index contributed by atoms with van der Waals surface area (Å²) in [6.45, 7) is 6.52. The number of nitrogens with zero attached hydrogens (tertiary/aromatic N) is 2. The van der Waals surface area contributed by atoms with Crippen LogP contribution in [0.4, 0.5) is 0 Å². The molecular weight excluding hydrogens is 206 g/mol. The lowest BCUT2D eigenvalue weighted by atomic mass is 10.1. The van der Waals surface area contributed by atoms with Gasteiger partial charge in [-0.05, 0) is 47.5 Å². The van der Waals surface area contributed by atoms with E-state index in [9.17, 15) is 0 Å². The summed E-state index contributed by atoms with van der Waals surface area (Å²) in [5.74, 6) is 0. The zero-order chi connectivity index (χ0) is 11.3. The van der Waals surface area contributed by atoms with Crippen LogP contribution >= 0.6 is 11.3 Å². The zero-order valence-electron chi connectivity index (χ0n) is 10.1. The first kappa shape index (κ1) is 12.6. The largest absolute Gasteiger partial charge is 0.309 e. The maximum absolute atomic E-state index is 4.35. The topological polar surface area (TPSA) is 28.2 Å². The molecule has 0 bridgehead atoms. The molecule has 1 N–H and O–H groups in total. The van der Waals surface area contributed by atoms with Crippen LogP contribution in [0, 0.1) is 0 Å². The summed E-state index contributed by atoms with van der Waals surface area (Å²) in [5.41, 5.74) is 0.000476. The highest BCUT2D eigenvalue weighted by atomic mass is 32.1. The first-order valence-corrected chi connectivity index (χ1v) is 6.20. The summed E-state index contributed by atoms with van der Waals surface area (Å²) >= 11 is 1.71. The minimum absolute atomic E-state index is 0.000476. The van der Waals surface area contributed by atoms with Crippen LogP contribution in [-0.2, 0) is 5.54 Å². The second-order valence-electron chi connectivity index (χ2n) is 4.55. The van der Waals surface area contributed by atoms with Gasteiger partial charge in [-0.1, -0.05) is 0 Å². The van der Waals surface area contributed by atoms with Crippen molar-refractivity contribution in [2.45, 2.75) is 25.8 Å². The van der Waals surface area contributed by atoms with E-state index >= 15 is 0 Å². The average molecular weight is 227 g/mol. The molecule has 0 aliphatic heterocycles. The Morgan fingerprint density at radius 3 is 2.73 bits per heavy atom. The minimum Gasteiger partial charge on any atom is -0.309 e. The van der Waals surface area contributed by atoms with Crippen LogP contribution in [0.1, 0.15) is 25.3 Å². The van der Waals surface area contributed by atoms with Crippen molar-refractivity contribution in [3.05, 3.63) is 16.6 Å². The molecule has 0 saturated carbocycles. The predicted molar refractivity (Wildman–Crippen MR) is 66.3 cm³/mol. The maximum Gasteiger partial charge on any atom is 0.112 e. The van der Waals surface area contributed by atoms with Gasteiger partial charge in [-0.3, -0.25) is 0 Å². The lowest BCUT2D eigenvalue weighted by Crippen LogP contribution is -2.37. The van der Waals surface area contributed by atoms with E-state index in [4.69, 9.17) is 0 Å². The van der Waals surface area contributed by atoms with E-state index < -0.39 is 0 Å². The summed E-state index contributed by atoms with van der Waals surface area (Å²) in [5, 5.41) is 6.72. The quantitative estimate of drug-likeness (QED) is 0.753.